The Morgan fingerprint density at radius 1 is 0.571 bits per heavy atom. The zero-order valence-corrected chi connectivity index (χ0v) is 11.3. The summed E-state index contributed by atoms with van der Waals surface area (Å²) in [7, 11) is 0.777. The molecule has 0 spiro atoms. The summed E-state index contributed by atoms with van der Waals surface area (Å²) in [6.07, 6.45) is 0. The molecule has 0 fully saturated rings. The van der Waals surface area contributed by atoms with Crippen molar-refractivity contribution in [3.8, 4) is 0 Å². The number of benzene rings is 2. The predicted molar refractivity (Wildman–Crippen MR) is 66.2 cm³/mol. The molecule has 0 aromatic heterocycles. The molecule has 65 valence electrons. The van der Waals surface area contributed by atoms with Gasteiger partial charge in [0, 0.05) is 29.6 Å². The van der Waals surface area contributed by atoms with E-state index in [0.29, 0.717) is 0 Å². The molecule has 0 unspecified atom stereocenters. The van der Waals surface area contributed by atoms with Gasteiger partial charge in [-0.2, -0.15) is 0 Å². The average molecular weight is 209 g/mol. The Morgan fingerprint density at radius 2 is 0.929 bits per heavy atom. The van der Waals surface area contributed by atoms with Gasteiger partial charge in [-0.05, 0) is 10.6 Å². The van der Waals surface area contributed by atoms with Crippen LogP contribution in [-0.4, -0.2) is 29.6 Å². The third-order valence-corrected chi connectivity index (χ3v) is 3.08. The second kappa shape index (κ2) is 6.37. The Morgan fingerprint density at radius 3 is 1.29 bits per heavy atom. The Balaban J connectivity index is 0.000000980. The van der Waals surface area contributed by atoms with Gasteiger partial charge in [0.15, 0.2) is 0 Å². The van der Waals surface area contributed by atoms with E-state index in [-0.39, 0.29) is 29.6 Å². The molecular formula is C12H11NaP. The van der Waals surface area contributed by atoms with Gasteiger partial charge in [0.1, 0.15) is 0 Å². The van der Waals surface area contributed by atoms with E-state index in [1.54, 1.807) is 0 Å². The summed E-state index contributed by atoms with van der Waals surface area (Å²) in [5, 5.41) is 2.79. The largest absolute Gasteiger partial charge is 0.0622 e. The summed E-state index contributed by atoms with van der Waals surface area (Å²) in [5.74, 6) is 0. The maximum Gasteiger partial charge on any atom is 0 e. The molecule has 0 N–H and O–H groups in total. The fourth-order valence-corrected chi connectivity index (χ4v) is 2.26. The van der Waals surface area contributed by atoms with E-state index in [0.717, 1.165) is 8.58 Å². The molecule has 0 saturated heterocycles. The van der Waals surface area contributed by atoms with E-state index in [2.05, 4.69) is 60.7 Å². The molecule has 0 atom stereocenters. The van der Waals surface area contributed by atoms with Crippen molar-refractivity contribution in [3.05, 3.63) is 60.7 Å². The van der Waals surface area contributed by atoms with Crippen molar-refractivity contribution >= 4 is 48.7 Å². The first kappa shape index (κ1) is 11.9. The van der Waals surface area contributed by atoms with Crippen LogP contribution in [0, 0.1) is 0 Å². The molecule has 1 radical (unpaired) electrons. The Bertz CT molecular complexity index is 321. The fraction of sp³-hybridized carbons (Fsp3) is 0. The molecular weight excluding hydrogens is 198 g/mol. The number of hydrogen-bond donors (Lipinski definition) is 0. The average Bonchev–Trinajstić information content (AvgIpc) is 2.21. The van der Waals surface area contributed by atoms with E-state index in [9.17, 15) is 0 Å². The predicted octanol–water partition coefficient (Wildman–Crippen LogP) is 1.94. The van der Waals surface area contributed by atoms with Gasteiger partial charge >= 0.3 is 0 Å². The van der Waals surface area contributed by atoms with Gasteiger partial charge in [0.05, 0.1) is 0 Å². The van der Waals surface area contributed by atoms with Crippen LogP contribution in [0.5, 0.6) is 0 Å². The van der Waals surface area contributed by atoms with Crippen molar-refractivity contribution in [2.45, 2.75) is 0 Å². The van der Waals surface area contributed by atoms with E-state index in [1.807, 2.05) is 0 Å². The Kier molecular flexibility index (Phi) is 5.44. The first-order valence-electron chi connectivity index (χ1n) is 4.32. The third kappa shape index (κ3) is 3.55. The minimum atomic E-state index is 0. The van der Waals surface area contributed by atoms with Crippen LogP contribution in [-0.2, 0) is 0 Å². The van der Waals surface area contributed by atoms with Crippen LogP contribution in [0.4, 0.5) is 0 Å². The zero-order valence-electron chi connectivity index (χ0n) is 8.27. The monoisotopic (exact) mass is 209 g/mol. The zero-order chi connectivity index (χ0) is 8.93. The quantitative estimate of drug-likeness (QED) is 0.523. The summed E-state index contributed by atoms with van der Waals surface area (Å²) >= 11 is 0. The van der Waals surface area contributed by atoms with Crippen LogP contribution in [0.1, 0.15) is 0 Å². The Labute approximate surface area is 109 Å². The van der Waals surface area contributed by atoms with E-state index < -0.39 is 0 Å². The van der Waals surface area contributed by atoms with Crippen molar-refractivity contribution < 1.29 is 0 Å². The minimum Gasteiger partial charge on any atom is -0.0622 e. The topological polar surface area (TPSA) is 0 Å². The summed E-state index contributed by atoms with van der Waals surface area (Å²) in [5.41, 5.74) is 0. The molecule has 0 nitrogen and oxygen atoms in total. The van der Waals surface area contributed by atoms with E-state index >= 15 is 0 Å². The first-order chi connectivity index (χ1) is 6.45. The summed E-state index contributed by atoms with van der Waals surface area (Å²) in [6, 6.07) is 21.2. The Hall–Kier alpha value is -0.130. The molecule has 2 aromatic carbocycles. The van der Waals surface area contributed by atoms with Gasteiger partial charge < -0.3 is 0 Å². The normalized spacial score (nSPS) is 9.14. The number of hydrogen-bond acceptors (Lipinski definition) is 0. The van der Waals surface area contributed by atoms with Crippen LogP contribution >= 0.6 is 8.58 Å². The number of rotatable bonds is 2. The molecule has 0 aliphatic heterocycles. The van der Waals surface area contributed by atoms with Crippen molar-refractivity contribution in [3.63, 3.8) is 0 Å². The van der Waals surface area contributed by atoms with Gasteiger partial charge in [0.25, 0.3) is 0 Å². The van der Waals surface area contributed by atoms with Crippen molar-refractivity contribution in [1.82, 2.24) is 0 Å². The van der Waals surface area contributed by atoms with E-state index in [4.69, 9.17) is 0 Å². The molecule has 2 heteroatoms. The van der Waals surface area contributed by atoms with Crippen LogP contribution in [0.25, 0.3) is 0 Å². The standard InChI is InChI=1S/C12H11P.Na/c1-3-7-11(8-4-1)13-12-9-5-2-6-10-12;/h1-10,13H;. The molecule has 14 heavy (non-hydrogen) atoms. The van der Waals surface area contributed by atoms with Crippen molar-refractivity contribution in [2.75, 3.05) is 0 Å². The van der Waals surface area contributed by atoms with Gasteiger partial charge in [-0.3, -0.25) is 0 Å². The second-order valence-corrected chi connectivity index (χ2v) is 4.26. The summed E-state index contributed by atoms with van der Waals surface area (Å²) in [4.78, 5) is 0. The molecule has 2 aromatic rings. The summed E-state index contributed by atoms with van der Waals surface area (Å²) < 4.78 is 0. The van der Waals surface area contributed by atoms with Crippen LogP contribution in [0.3, 0.4) is 0 Å². The van der Waals surface area contributed by atoms with Gasteiger partial charge in [-0.1, -0.05) is 69.2 Å². The molecule has 0 heterocycles. The van der Waals surface area contributed by atoms with Crippen LogP contribution in [0.2, 0.25) is 0 Å². The molecule has 2 rings (SSSR count). The molecule has 0 aliphatic rings. The maximum absolute atomic E-state index is 2.17. The maximum atomic E-state index is 2.17. The van der Waals surface area contributed by atoms with Crippen molar-refractivity contribution in [2.24, 2.45) is 0 Å². The second-order valence-electron chi connectivity index (χ2n) is 2.86. The molecule has 0 saturated carbocycles. The fourth-order valence-electron chi connectivity index (χ4n) is 1.21. The SMILES string of the molecule is [Na].c1ccc(Pc2ccccc2)cc1. The van der Waals surface area contributed by atoms with Gasteiger partial charge in [-0.15, -0.1) is 0 Å². The smallest absolute Gasteiger partial charge is 0 e. The van der Waals surface area contributed by atoms with Gasteiger partial charge in [0.2, 0.25) is 0 Å². The summed E-state index contributed by atoms with van der Waals surface area (Å²) in [6.45, 7) is 0. The van der Waals surface area contributed by atoms with Gasteiger partial charge in [-0.25, -0.2) is 0 Å². The van der Waals surface area contributed by atoms with Crippen LogP contribution in [0.15, 0.2) is 60.7 Å². The minimum absolute atomic E-state index is 0. The molecule has 0 amide bonds. The molecule has 0 aliphatic carbocycles. The third-order valence-electron chi connectivity index (χ3n) is 1.84. The van der Waals surface area contributed by atoms with E-state index in [1.165, 1.54) is 10.6 Å². The molecule has 0 bridgehead atoms. The first-order valence-corrected chi connectivity index (χ1v) is 5.32. The van der Waals surface area contributed by atoms with Crippen LogP contribution < -0.4 is 10.6 Å². The van der Waals surface area contributed by atoms with Crippen molar-refractivity contribution in [1.29, 1.82) is 0 Å².